The maximum Gasteiger partial charge on any atom is 0.218 e. The van der Waals surface area contributed by atoms with Crippen LogP contribution < -0.4 is 15.4 Å². The molecule has 0 spiro atoms. The smallest absolute Gasteiger partial charge is 0.218 e. The van der Waals surface area contributed by atoms with Crippen LogP contribution in [0.3, 0.4) is 0 Å². The minimum atomic E-state index is 0. The van der Waals surface area contributed by atoms with Crippen molar-refractivity contribution in [3.05, 3.63) is 23.9 Å². The van der Waals surface area contributed by atoms with Crippen LogP contribution in [0.5, 0.6) is 5.88 Å². The fraction of sp³-hybridized carbons (Fsp3) is 0.625. The number of hydrogen-bond acceptors (Lipinski definition) is 4. The average molecular weight is 436 g/mol. The average Bonchev–Trinajstić information content (AvgIpc) is 2.55. The highest BCUT2D eigenvalue weighted by atomic mass is 127. The molecular formula is C16H29IN4O2. The Balaban J connectivity index is 0.00000484. The Morgan fingerprint density at radius 2 is 2.09 bits per heavy atom. The number of guanidine groups is 1. The van der Waals surface area contributed by atoms with Crippen molar-refractivity contribution in [3.8, 4) is 5.88 Å². The van der Waals surface area contributed by atoms with E-state index in [1.165, 1.54) is 0 Å². The molecule has 1 rings (SSSR count). The fourth-order valence-electron chi connectivity index (χ4n) is 1.79. The van der Waals surface area contributed by atoms with Gasteiger partial charge in [0.1, 0.15) is 0 Å². The number of aromatic nitrogens is 1. The van der Waals surface area contributed by atoms with E-state index in [-0.39, 0.29) is 24.0 Å². The van der Waals surface area contributed by atoms with Gasteiger partial charge >= 0.3 is 0 Å². The first-order valence-electron chi connectivity index (χ1n) is 7.90. The third-order valence-corrected chi connectivity index (χ3v) is 3.00. The number of nitrogens with one attached hydrogen (secondary N) is 2. The highest BCUT2D eigenvalue weighted by Crippen LogP contribution is 2.14. The number of halogens is 1. The van der Waals surface area contributed by atoms with Crippen molar-refractivity contribution >= 4 is 29.9 Å². The zero-order valence-corrected chi connectivity index (χ0v) is 16.6. The molecule has 132 valence electrons. The van der Waals surface area contributed by atoms with Crippen molar-refractivity contribution in [1.29, 1.82) is 0 Å². The highest BCUT2D eigenvalue weighted by molar-refractivity contribution is 14.0. The predicted molar refractivity (Wildman–Crippen MR) is 105 cm³/mol. The van der Waals surface area contributed by atoms with E-state index in [1.807, 2.05) is 19.1 Å². The van der Waals surface area contributed by atoms with Gasteiger partial charge in [0.2, 0.25) is 5.88 Å². The normalized spacial score (nSPS) is 10.8. The lowest BCUT2D eigenvalue weighted by Crippen LogP contribution is -2.38. The van der Waals surface area contributed by atoms with Crippen LogP contribution in [-0.4, -0.2) is 44.4 Å². The second-order valence-electron chi connectivity index (χ2n) is 4.72. The summed E-state index contributed by atoms with van der Waals surface area (Å²) < 4.78 is 11.0. The van der Waals surface area contributed by atoms with Crippen molar-refractivity contribution < 1.29 is 9.47 Å². The lowest BCUT2D eigenvalue weighted by atomic mass is 10.2. The molecule has 23 heavy (non-hydrogen) atoms. The second kappa shape index (κ2) is 14.5. The lowest BCUT2D eigenvalue weighted by molar-refractivity contribution is 0.152. The zero-order valence-electron chi connectivity index (χ0n) is 14.3. The van der Waals surface area contributed by atoms with Crippen LogP contribution in [0.4, 0.5) is 0 Å². The van der Waals surface area contributed by atoms with Crippen LogP contribution in [-0.2, 0) is 11.3 Å². The van der Waals surface area contributed by atoms with Gasteiger partial charge in [-0.15, -0.1) is 24.0 Å². The Morgan fingerprint density at radius 3 is 2.78 bits per heavy atom. The van der Waals surface area contributed by atoms with Crippen LogP contribution in [0.2, 0.25) is 0 Å². The summed E-state index contributed by atoms with van der Waals surface area (Å²) in [5.74, 6) is 1.43. The van der Waals surface area contributed by atoms with Crippen molar-refractivity contribution in [3.63, 3.8) is 0 Å². The number of pyridine rings is 1. The van der Waals surface area contributed by atoms with Gasteiger partial charge in [-0.2, -0.15) is 0 Å². The summed E-state index contributed by atoms with van der Waals surface area (Å²) in [6.45, 7) is 7.54. The molecule has 0 fully saturated rings. The van der Waals surface area contributed by atoms with Crippen LogP contribution in [0.15, 0.2) is 23.3 Å². The van der Waals surface area contributed by atoms with Crippen molar-refractivity contribution in [2.24, 2.45) is 4.99 Å². The fourth-order valence-corrected chi connectivity index (χ4v) is 1.79. The Labute approximate surface area is 156 Å². The molecule has 0 radical (unpaired) electrons. The molecular weight excluding hydrogens is 407 g/mol. The predicted octanol–water partition coefficient (Wildman–Crippen LogP) is 2.58. The molecule has 0 aliphatic carbocycles. The first kappa shape index (κ1) is 21.9. The van der Waals surface area contributed by atoms with Crippen molar-refractivity contribution in [1.82, 2.24) is 15.6 Å². The summed E-state index contributed by atoms with van der Waals surface area (Å²) in [6.07, 6.45) is 3.89. The topological polar surface area (TPSA) is 67.8 Å². The quantitative estimate of drug-likeness (QED) is 0.256. The number of hydrogen-bond donors (Lipinski definition) is 2. The van der Waals surface area contributed by atoms with Gasteiger partial charge in [0, 0.05) is 38.5 Å². The molecule has 7 heteroatoms. The molecule has 0 aromatic carbocycles. The van der Waals surface area contributed by atoms with Gasteiger partial charge in [-0.1, -0.05) is 19.4 Å². The maximum atomic E-state index is 5.73. The minimum Gasteiger partial charge on any atom is -0.477 e. The van der Waals surface area contributed by atoms with E-state index in [0.717, 1.165) is 37.5 Å². The molecule has 0 amide bonds. The van der Waals surface area contributed by atoms with Crippen LogP contribution in [0, 0.1) is 0 Å². The van der Waals surface area contributed by atoms with Gasteiger partial charge in [-0.3, -0.25) is 4.99 Å². The highest BCUT2D eigenvalue weighted by Gasteiger charge is 2.05. The van der Waals surface area contributed by atoms with Gasteiger partial charge in [0.05, 0.1) is 13.2 Å². The van der Waals surface area contributed by atoms with Gasteiger partial charge in [0.25, 0.3) is 0 Å². The monoisotopic (exact) mass is 436 g/mol. The van der Waals surface area contributed by atoms with E-state index in [0.29, 0.717) is 25.6 Å². The van der Waals surface area contributed by atoms with E-state index in [2.05, 4.69) is 27.5 Å². The maximum absolute atomic E-state index is 5.73. The van der Waals surface area contributed by atoms with E-state index in [1.54, 1.807) is 13.2 Å². The Hall–Kier alpha value is -1.09. The summed E-state index contributed by atoms with van der Waals surface area (Å²) in [5, 5.41) is 6.46. The molecule has 1 aromatic heterocycles. The number of nitrogens with zero attached hydrogens (tertiary/aromatic N) is 2. The first-order chi connectivity index (χ1) is 10.8. The molecule has 0 atom stereocenters. The Bertz CT molecular complexity index is 444. The van der Waals surface area contributed by atoms with Gasteiger partial charge < -0.3 is 20.1 Å². The SMILES string of the molecule is CCCCOc1ncccc1CNC(=NC)NCCOCC.I. The summed E-state index contributed by atoms with van der Waals surface area (Å²) in [4.78, 5) is 8.48. The number of unbranched alkanes of at least 4 members (excludes halogenated alkanes) is 1. The molecule has 6 nitrogen and oxygen atoms in total. The number of ether oxygens (including phenoxy) is 2. The van der Waals surface area contributed by atoms with Gasteiger partial charge in [0.15, 0.2) is 5.96 Å². The molecule has 0 aliphatic heterocycles. The summed E-state index contributed by atoms with van der Waals surface area (Å²) in [5.41, 5.74) is 1.02. The third kappa shape index (κ3) is 9.60. The molecule has 0 saturated carbocycles. The standard InChI is InChI=1S/C16H28N4O2.HI/c1-4-6-11-22-15-14(8-7-9-18-15)13-20-16(17-3)19-10-12-21-5-2;/h7-9H,4-6,10-13H2,1-3H3,(H2,17,19,20);1H. The summed E-state index contributed by atoms with van der Waals surface area (Å²) in [6, 6.07) is 3.92. The van der Waals surface area contributed by atoms with Crippen molar-refractivity contribution in [2.75, 3.05) is 33.4 Å². The molecule has 0 saturated heterocycles. The first-order valence-corrected chi connectivity index (χ1v) is 7.90. The molecule has 0 unspecified atom stereocenters. The summed E-state index contributed by atoms with van der Waals surface area (Å²) >= 11 is 0. The van der Waals surface area contributed by atoms with E-state index >= 15 is 0 Å². The Morgan fingerprint density at radius 1 is 1.26 bits per heavy atom. The molecule has 0 aliphatic rings. The van der Waals surface area contributed by atoms with E-state index < -0.39 is 0 Å². The molecule has 0 bridgehead atoms. The largest absolute Gasteiger partial charge is 0.477 e. The minimum absolute atomic E-state index is 0. The molecule has 1 aromatic rings. The van der Waals surface area contributed by atoms with Crippen LogP contribution >= 0.6 is 24.0 Å². The van der Waals surface area contributed by atoms with E-state index in [9.17, 15) is 0 Å². The third-order valence-electron chi connectivity index (χ3n) is 3.00. The summed E-state index contributed by atoms with van der Waals surface area (Å²) in [7, 11) is 1.75. The number of aliphatic imine (C=N–C) groups is 1. The lowest BCUT2D eigenvalue weighted by Gasteiger charge is -2.14. The second-order valence-corrected chi connectivity index (χ2v) is 4.72. The zero-order chi connectivity index (χ0) is 16.0. The van der Waals surface area contributed by atoms with Gasteiger partial charge in [-0.05, 0) is 19.4 Å². The van der Waals surface area contributed by atoms with Crippen LogP contribution in [0.1, 0.15) is 32.3 Å². The van der Waals surface area contributed by atoms with Crippen LogP contribution in [0.25, 0.3) is 0 Å². The molecule has 1 heterocycles. The van der Waals surface area contributed by atoms with Crippen molar-refractivity contribution in [2.45, 2.75) is 33.2 Å². The van der Waals surface area contributed by atoms with Gasteiger partial charge in [-0.25, -0.2) is 4.98 Å². The molecule has 2 N–H and O–H groups in total. The number of rotatable bonds is 10. The Kier molecular flexibility index (Phi) is 13.8. The van der Waals surface area contributed by atoms with E-state index in [4.69, 9.17) is 9.47 Å².